The third-order valence-electron chi connectivity index (χ3n) is 3.43. The number of ether oxygens (including phenoxy) is 1. The van der Waals surface area contributed by atoms with E-state index in [1.807, 2.05) is 44.2 Å². The van der Waals surface area contributed by atoms with Crippen molar-refractivity contribution in [3.63, 3.8) is 0 Å². The SMILES string of the molecule is CCCN(CCC)c1ccnc(Nc2ccc(OC(C)C)cc2)n1. The van der Waals surface area contributed by atoms with Crippen LogP contribution in [0.5, 0.6) is 5.75 Å². The molecule has 24 heavy (non-hydrogen) atoms. The molecule has 0 saturated carbocycles. The maximum atomic E-state index is 5.66. The van der Waals surface area contributed by atoms with Crippen LogP contribution in [0.4, 0.5) is 17.5 Å². The van der Waals surface area contributed by atoms with Gasteiger partial charge in [-0.3, -0.25) is 0 Å². The van der Waals surface area contributed by atoms with Crippen LogP contribution in [0.25, 0.3) is 0 Å². The molecule has 2 aromatic rings. The molecule has 1 aromatic heterocycles. The number of nitrogens with one attached hydrogen (secondary N) is 1. The molecule has 0 amide bonds. The van der Waals surface area contributed by atoms with E-state index in [1.54, 1.807) is 6.20 Å². The Morgan fingerprint density at radius 3 is 2.29 bits per heavy atom. The first-order valence-corrected chi connectivity index (χ1v) is 8.74. The molecule has 0 saturated heterocycles. The molecule has 0 fully saturated rings. The highest BCUT2D eigenvalue weighted by atomic mass is 16.5. The zero-order valence-corrected chi connectivity index (χ0v) is 15.1. The highest BCUT2D eigenvalue weighted by Gasteiger charge is 2.08. The van der Waals surface area contributed by atoms with Gasteiger partial charge in [-0.2, -0.15) is 4.98 Å². The topological polar surface area (TPSA) is 50.3 Å². The molecule has 1 aromatic carbocycles. The lowest BCUT2D eigenvalue weighted by Gasteiger charge is -2.22. The van der Waals surface area contributed by atoms with E-state index in [4.69, 9.17) is 4.74 Å². The Bertz CT molecular complexity index is 607. The van der Waals surface area contributed by atoms with Crippen molar-refractivity contribution < 1.29 is 4.74 Å². The lowest BCUT2D eigenvalue weighted by atomic mass is 10.3. The number of rotatable bonds is 9. The van der Waals surface area contributed by atoms with E-state index >= 15 is 0 Å². The van der Waals surface area contributed by atoms with Crippen LogP contribution in [0.3, 0.4) is 0 Å². The van der Waals surface area contributed by atoms with Crippen molar-refractivity contribution in [2.45, 2.75) is 46.6 Å². The molecule has 1 heterocycles. The van der Waals surface area contributed by atoms with Crippen molar-refractivity contribution in [2.75, 3.05) is 23.3 Å². The Balaban J connectivity index is 2.08. The van der Waals surface area contributed by atoms with E-state index in [-0.39, 0.29) is 6.10 Å². The monoisotopic (exact) mass is 328 g/mol. The summed E-state index contributed by atoms with van der Waals surface area (Å²) in [5.74, 6) is 2.44. The van der Waals surface area contributed by atoms with Gasteiger partial charge in [0.05, 0.1) is 6.10 Å². The predicted octanol–water partition coefficient (Wildman–Crippen LogP) is 4.63. The normalized spacial score (nSPS) is 10.7. The molecule has 0 atom stereocenters. The van der Waals surface area contributed by atoms with Gasteiger partial charge in [-0.05, 0) is 57.0 Å². The fraction of sp³-hybridized carbons (Fsp3) is 0.474. The van der Waals surface area contributed by atoms with E-state index < -0.39 is 0 Å². The summed E-state index contributed by atoms with van der Waals surface area (Å²) in [5, 5.41) is 3.26. The molecule has 5 nitrogen and oxygen atoms in total. The summed E-state index contributed by atoms with van der Waals surface area (Å²) in [7, 11) is 0. The average molecular weight is 328 g/mol. The Morgan fingerprint density at radius 2 is 1.71 bits per heavy atom. The van der Waals surface area contributed by atoms with Crippen LogP contribution < -0.4 is 15.0 Å². The number of aromatic nitrogens is 2. The van der Waals surface area contributed by atoms with Gasteiger partial charge in [0.15, 0.2) is 0 Å². The summed E-state index contributed by atoms with van der Waals surface area (Å²) in [6.07, 6.45) is 4.18. The van der Waals surface area contributed by atoms with Gasteiger partial charge in [-0.15, -0.1) is 0 Å². The zero-order chi connectivity index (χ0) is 17.4. The summed E-state index contributed by atoms with van der Waals surface area (Å²) < 4.78 is 5.66. The zero-order valence-electron chi connectivity index (χ0n) is 15.1. The van der Waals surface area contributed by atoms with Crippen molar-refractivity contribution in [1.29, 1.82) is 0 Å². The quantitative estimate of drug-likeness (QED) is 0.727. The van der Waals surface area contributed by atoms with Crippen LogP contribution >= 0.6 is 0 Å². The molecular formula is C19H28N4O. The van der Waals surface area contributed by atoms with Crippen LogP contribution in [0.15, 0.2) is 36.5 Å². The minimum Gasteiger partial charge on any atom is -0.491 e. The third-order valence-corrected chi connectivity index (χ3v) is 3.43. The summed E-state index contributed by atoms with van der Waals surface area (Å²) in [6.45, 7) is 10.4. The molecule has 0 spiro atoms. The molecule has 5 heteroatoms. The van der Waals surface area contributed by atoms with Gasteiger partial charge in [0.2, 0.25) is 5.95 Å². The molecule has 0 bridgehead atoms. The maximum absolute atomic E-state index is 5.66. The third kappa shape index (κ3) is 5.41. The summed E-state index contributed by atoms with van der Waals surface area (Å²) in [6, 6.07) is 9.82. The van der Waals surface area contributed by atoms with Crippen molar-refractivity contribution in [3.8, 4) is 5.75 Å². The van der Waals surface area contributed by atoms with E-state index in [0.717, 1.165) is 43.2 Å². The molecule has 130 valence electrons. The van der Waals surface area contributed by atoms with E-state index in [2.05, 4.69) is 34.0 Å². The van der Waals surface area contributed by atoms with Crippen molar-refractivity contribution in [2.24, 2.45) is 0 Å². The molecule has 0 aliphatic carbocycles. The second-order valence-electron chi connectivity index (χ2n) is 6.04. The fourth-order valence-electron chi connectivity index (χ4n) is 2.48. The number of anilines is 3. The van der Waals surface area contributed by atoms with Crippen molar-refractivity contribution >= 4 is 17.5 Å². The molecule has 0 aliphatic rings. The molecule has 2 rings (SSSR count). The first kappa shape index (κ1) is 18.0. The van der Waals surface area contributed by atoms with Gasteiger partial charge in [-0.25, -0.2) is 4.98 Å². The van der Waals surface area contributed by atoms with Crippen LogP contribution in [0, 0.1) is 0 Å². The molecule has 1 N–H and O–H groups in total. The van der Waals surface area contributed by atoms with Gasteiger partial charge in [0, 0.05) is 25.0 Å². The van der Waals surface area contributed by atoms with Gasteiger partial charge in [0.25, 0.3) is 0 Å². The molecule has 0 radical (unpaired) electrons. The van der Waals surface area contributed by atoms with Crippen LogP contribution in [-0.2, 0) is 0 Å². The lowest BCUT2D eigenvalue weighted by molar-refractivity contribution is 0.242. The van der Waals surface area contributed by atoms with Gasteiger partial charge >= 0.3 is 0 Å². The molecule has 0 aliphatic heterocycles. The molecule has 0 unspecified atom stereocenters. The largest absolute Gasteiger partial charge is 0.491 e. The van der Waals surface area contributed by atoms with E-state index in [0.29, 0.717) is 5.95 Å². The Hall–Kier alpha value is -2.30. The molecular weight excluding hydrogens is 300 g/mol. The summed E-state index contributed by atoms with van der Waals surface area (Å²) in [5.41, 5.74) is 0.945. The van der Waals surface area contributed by atoms with E-state index in [1.165, 1.54) is 0 Å². The number of hydrogen-bond acceptors (Lipinski definition) is 5. The van der Waals surface area contributed by atoms with Crippen LogP contribution in [0.2, 0.25) is 0 Å². The van der Waals surface area contributed by atoms with Gasteiger partial charge < -0.3 is 15.0 Å². The van der Waals surface area contributed by atoms with Crippen molar-refractivity contribution in [1.82, 2.24) is 9.97 Å². The highest BCUT2D eigenvalue weighted by Crippen LogP contribution is 2.20. The summed E-state index contributed by atoms with van der Waals surface area (Å²) >= 11 is 0. The minimum atomic E-state index is 0.173. The first-order chi connectivity index (χ1) is 11.6. The van der Waals surface area contributed by atoms with Gasteiger partial charge in [-0.1, -0.05) is 13.8 Å². The number of hydrogen-bond donors (Lipinski definition) is 1. The van der Waals surface area contributed by atoms with Crippen molar-refractivity contribution in [3.05, 3.63) is 36.5 Å². The Labute approximate surface area is 145 Å². The fourth-order valence-corrected chi connectivity index (χ4v) is 2.48. The van der Waals surface area contributed by atoms with Gasteiger partial charge in [0.1, 0.15) is 11.6 Å². The predicted molar refractivity (Wildman–Crippen MR) is 100 cm³/mol. The summed E-state index contributed by atoms with van der Waals surface area (Å²) in [4.78, 5) is 11.3. The number of nitrogens with zero attached hydrogens (tertiary/aromatic N) is 3. The minimum absolute atomic E-state index is 0.173. The lowest BCUT2D eigenvalue weighted by Crippen LogP contribution is -2.26. The smallest absolute Gasteiger partial charge is 0.229 e. The highest BCUT2D eigenvalue weighted by molar-refractivity contribution is 5.56. The second kappa shape index (κ2) is 9.11. The Morgan fingerprint density at radius 1 is 1.04 bits per heavy atom. The van der Waals surface area contributed by atoms with Crippen LogP contribution in [0.1, 0.15) is 40.5 Å². The number of benzene rings is 1. The maximum Gasteiger partial charge on any atom is 0.229 e. The Kier molecular flexibility index (Phi) is 6.85. The standard InChI is InChI=1S/C19H28N4O/c1-5-13-23(14-6-2)18-11-12-20-19(22-18)21-16-7-9-17(10-8-16)24-15(3)4/h7-12,15H,5-6,13-14H2,1-4H3,(H,20,21,22). The first-order valence-electron chi connectivity index (χ1n) is 8.74. The second-order valence-corrected chi connectivity index (χ2v) is 6.04. The van der Waals surface area contributed by atoms with E-state index in [9.17, 15) is 0 Å². The van der Waals surface area contributed by atoms with Crippen LogP contribution in [-0.4, -0.2) is 29.2 Å². The average Bonchev–Trinajstić information content (AvgIpc) is 2.56.